The van der Waals surface area contributed by atoms with Gasteiger partial charge in [-0.3, -0.25) is 43.3 Å². The molecule has 0 unspecified atom stereocenters. The van der Waals surface area contributed by atoms with Gasteiger partial charge in [-0.05, 0) is 92.0 Å². The highest BCUT2D eigenvalue weighted by atomic mass is 16.6. The lowest BCUT2D eigenvalue weighted by Crippen LogP contribution is -2.60. The molecule has 21 nitrogen and oxygen atoms in total. The van der Waals surface area contributed by atoms with E-state index in [1.165, 1.54) is 75.6 Å². The summed E-state index contributed by atoms with van der Waals surface area (Å²) in [5.41, 5.74) is 4.92. The lowest BCUT2D eigenvalue weighted by molar-refractivity contribution is -0.154. The summed E-state index contributed by atoms with van der Waals surface area (Å²) in [6.45, 7) is 15.2. The third-order valence-corrected chi connectivity index (χ3v) is 15.9. The number of likely N-dealkylation sites (tertiary alicyclic amines) is 1. The van der Waals surface area contributed by atoms with Crippen LogP contribution in [0, 0.1) is 17.8 Å². The zero-order valence-electron chi connectivity index (χ0n) is 50.7. The predicted molar refractivity (Wildman–Crippen MR) is 313 cm³/mol. The number of hydrogen-bond acceptors (Lipinski definition) is 11. The van der Waals surface area contributed by atoms with E-state index in [2.05, 4.69) is 16.0 Å². The molecule has 83 heavy (non-hydrogen) atoms. The van der Waals surface area contributed by atoms with Crippen LogP contribution in [0.25, 0.3) is 11.1 Å². The Morgan fingerprint density at radius 1 is 0.602 bits per heavy atom. The molecule has 3 aromatic carbocycles. The molecule has 452 valence electrons. The highest BCUT2D eigenvalue weighted by Crippen LogP contribution is 2.44. The molecule has 0 saturated carbocycles. The number of carboxylic acids is 1. The Morgan fingerprint density at radius 2 is 1.11 bits per heavy atom. The summed E-state index contributed by atoms with van der Waals surface area (Å²) in [5.74, 6) is -6.84. The van der Waals surface area contributed by atoms with Crippen molar-refractivity contribution in [2.75, 3.05) is 54.9 Å². The molecule has 2 aliphatic rings. The highest BCUT2D eigenvalue weighted by Gasteiger charge is 2.43. The van der Waals surface area contributed by atoms with Crippen molar-refractivity contribution >= 4 is 59.3 Å². The van der Waals surface area contributed by atoms with E-state index in [1.54, 1.807) is 44.2 Å². The molecule has 0 bridgehead atoms. The second-order valence-electron chi connectivity index (χ2n) is 23.4. The Labute approximate surface area is 488 Å². The summed E-state index contributed by atoms with van der Waals surface area (Å²) >= 11 is 0. The van der Waals surface area contributed by atoms with Gasteiger partial charge in [-0.2, -0.15) is 0 Å². The number of benzene rings is 3. The minimum atomic E-state index is -1.20. The van der Waals surface area contributed by atoms with E-state index in [4.69, 9.17) is 4.74 Å². The number of ether oxygens (including phenoxy) is 1. The number of nitrogens with zero attached hydrogens (tertiary/aromatic N) is 6. The van der Waals surface area contributed by atoms with Crippen molar-refractivity contribution in [2.45, 2.75) is 149 Å². The molecule has 8 atom stereocenters. The average molecular weight is 1150 g/mol. The fraction of sp³-hybridized carbons (Fsp3) is 0.548. The van der Waals surface area contributed by atoms with E-state index in [-0.39, 0.29) is 50.2 Å². The maximum absolute atomic E-state index is 14.6. The Balaban J connectivity index is 1.21. The Hall–Kier alpha value is -7.84. The first kappa shape index (κ1) is 66.0. The number of rotatable bonds is 26. The maximum atomic E-state index is 14.6. The average Bonchev–Trinajstić information content (AvgIpc) is 2.87. The molecular weight excluding hydrogens is 1060 g/mol. The molecule has 4 N–H and O–H groups in total. The summed E-state index contributed by atoms with van der Waals surface area (Å²) < 4.78 is 5.78. The van der Waals surface area contributed by atoms with Crippen LogP contribution in [0.1, 0.15) is 111 Å². The van der Waals surface area contributed by atoms with Crippen LogP contribution in [0.15, 0.2) is 78.9 Å². The minimum Gasteiger partial charge on any atom is -0.480 e. The standard InChI is InChI=1S/C62H87N9O12/c1-36(2)31-48(64-55(74)41(9)68(12)62(82)83-35-47-45-27-20-18-25-43(45)44-26-19-21-28-46(44)47)58(77)66(10)34-52(72)67(11)40(8)54(73)65-49(32-37(3)4)59(78)69(13)51(33-42-23-16-15-17-24-42)56(75)63-39(7)57(76)70(14)53(38(5)6)60(79)71-30-22-29-50(71)61(80)81/h15-21,23-28,36-41,47-51,53H,22,29-35H2,1-14H3,(H,63,75)(H,64,74)(H,65,73)(H,80,81)/t39-,40-,41-,48-,49-,50-,51-,53-/m0/s1. The smallest absolute Gasteiger partial charge is 0.410 e. The van der Waals surface area contributed by atoms with Crippen molar-refractivity contribution < 1.29 is 57.8 Å². The summed E-state index contributed by atoms with van der Waals surface area (Å²) in [4.78, 5) is 145. The molecule has 0 aromatic heterocycles. The number of nitrogens with one attached hydrogen (secondary N) is 3. The third kappa shape index (κ3) is 16.5. The molecule has 1 heterocycles. The van der Waals surface area contributed by atoms with Crippen LogP contribution in [0.3, 0.4) is 0 Å². The number of carbonyl (C=O) groups is 10. The van der Waals surface area contributed by atoms with Crippen LogP contribution in [0.4, 0.5) is 4.79 Å². The van der Waals surface area contributed by atoms with Gasteiger partial charge < -0.3 is 50.3 Å². The van der Waals surface area contributed by atoms with E-state index in [9.17, 15) is 53.1 Å². The van der Waals surface area contributed by atoms with E-state index in [1.807, 2.05) is 76.2 Å². The fourth-order valence-corrected chi connectivity index (χ4v) is 10.9. The first-order valence-corrected chi connectivity index (χ1v) is 28.7. The van der Waals surface area contributed by atoms with Crippen LogP contribution in [0.5, 0.6) is 0 Å². The van der Waals surface area contributed by atoms with Gasteiger partial charge in [0.05, 0.1) is 6.54 Å². The van der Waals surface area contributed by atoms with Crippen LogP contribution in [-0.4, -0.2) is 197 Å². The van der Waals surface area contributed by atoms with Crippen molar-refractivity contribution in [1.82, 2.24) is 45.3 Å². The van der Waals surface area contributed by atoms with Crippen molar-refractivity contribution in [2.24, 2.45) is 17.8 Å². The van der Waals surface area contributed by atoms with Gasteiger partial charge in [0.1, 0.15) is 54.9 Å². The van der Waals surface area contributed by atoms with Crippen molar-refractivity contribution in [3.05, 3.63) is 95.6 Å². The molecule has 21 heteroatoms. The van der Waals surface area contributed by atoms with Gasteiger partial charge in [0.2, 0.25) is 47.3 Å². The molecule has 1 aliphatic carbocycles. The largest absolute Gasteiger partial charge is 0.480 e. The number of likely N-dealkylation sites (N-methyl/N-ethyl adjacent to an activating group) is 5. The molecule has 9 amide bonds. The number of amides is 9. The number of carbonyl (C=O) groups excluding carboxylic acids is 9. The predicted octanol–water partition coefficient (Wildman–Crippen LogP) is 4.76. The summed E-state index contributed by atoms with van der Waals surface area (Å²) in [7, 11) is 7.11. The van der Waals surface area contributed by atoms with E-state index < -0.39 is 120 Å². The third-order valence-electron chi connectivity index (χ3n) is 15.9. The van der Waals surface area contributed by atoms with Crippen molar-refractivity contribution in [3.63, 3.8) is 0 Å². The number of carboxylic acid groups (broad SMARTS) is 1. The second-order valence-corrected chi connectivity index (χ2v) is 23.4. The number of fused-ring (bicyclic) bond motifs is 3. The van der Waals surface area contributed by atoms with E-state index in [0.717, 1.165) is 32.1 Å². The lowest BCUT2D eigenvalue weighted by Gasteiger charge is -2.36. The van der Waals surface area contributed by atoms with Gasteiger partial charge in [-0.15, -0.1) is 0 Å². The van der Waals surface area contributed by atoms with Gasteiger partial charge >= 0.3 is 12.1 Å². The van der Waals surface area contributed by atoms with Crippen LogP contribution in [0.2, 0.25) is 0 Å². The normalized spacial score (nSPS) is 16.3. The Morgan fingerprint density at radius 3 is 1.63 bits per heavy atom. The minimum absolute atomic E-state index is 0.0195. The molecule has 5 rings (SSSR count). The Bertz CT molecular complexity index is 2780. The van der Waals surface area contributed by atoms with Gasteiger partial charge in [0.25, 0.3) is 0 Å². The fourth-order valence-electron chi connectivity index (χ4n) is 10.9. The van der Waals surface area contributed by atoms with E-state index >= 15 is 0 Å². The molecule has 1 saturated heterocycles. The molecular formula is C62H87N9O12. The van der Waals surface area contributed by atoms with E-state index in [0.29, 0.717) is 18.4 Å². The first-order chi connectivity index (χ1) is 39.1. The SMILES string of the molecule is CC(C)C[C@H](NC(=O)[C@H](C)N(C)C(=O)OCC1c2ccccc2-c2ccccc21)C(=O)N(C)CC(=O)N(C)[C@@H](C)C(=O)N[C@@H](CC(C)C)C(=O)N(C)[C@@H](Cc1ccccc1)C(=O)N[C@@H](C)C(=O)N(C)[C@H](C(=O)N1CCC[C@H]1C(=O)O)C(C)C. The number of aliphatic carboxylic acids is 1. The van der Waals surface area contributed by atoms with Crippen LogP contribution in [-0.2, 0) is 54.3 Å². The topological polar surface area (TPSA) is 256 Å². The monoisotopic (exact) mass is 1150 g/mol. The zero-order chi connectivity index (χ0) is 61.7. The maximum Gasteiger partial charge on any atom is 0.410 e. The van der Waals surface area contributed by atoms with Gasteiger partial charge in [0.15, 0.2) is 0 Å². The van der Waals surface area contributed by atoms with Crippen molar-refractivity contribution in [1.29, 1.82) is 0 Å². The molecule has 0 radical (unpaired) electrons. The zero-order valence-corrected chi connectivity index (χ0v) is 50.7. The van der Waals surface area contributed by atoms with Crippen LogP contribution >= 0.6 is 0 Å². The highest BCUT2D eigenvalue weighted by molar-refractivity contribution is 5.98. The molecule has 1 fully saturated rings. The summed E-state index contributed by atoms with van der Waals surface area (Å²) in [5, 5.41) is 18.1. The quantitative estimate of drug-likeness (QED) is 0.0850. The second kappa shape index (κ2) is 29.4. The lowest BCUT2D eigenvalue weighted by atomic mass is 9.98. The van der Waals surface area contributed by atoms with Gasteiger partial charge in [-0.25, -0.2) is 9.59 Å². The Kier molecular flexibility index (Phi) is 23.4. The molecule has 3 aromatic rings. The molecule has 1 aliphatic heterocycles. The van der Waals surface area contributed by atoms with Crippen molar-refractivity contribution in [3.8, 4) is 11.1 Å². The van der Waals surface area contributed by atoms with Gasteiger partial charge in [-0.1, -0.05) is 120 Å². The summed E-state index contributed by atoms with van der Waals surface area (Å²) in [6.07, 6.45) is 0.452. The first-order valence-electron chi connectivity index (χ1n) is 28.7. The van der Waals surface area contributed by atoms with Crippen LogP contribution < -0.4 is 16.0 Å². The van der Waals surface area contributed by atoms with Gasteiger partial charge in [0, 0.05) is 54.1 Å². The molecule has 0 spiro atoms. The number of hydrogen-bond donors (Lipinski definition) is 4. The summed E-state index contributed by atoms with van der Waals surface area (Å²) in [6, 6.07) is 15.9.